The highest BCUT2D eigenvalue weighted by molar-refractivity contribution is 9.10. The second kappa shape index (κ2) is 10.5. The van der Waals surface area contributed by atoms with E-state index in [2.05, 4.69) is 26.5 Å². The Kier molecular flexibility index (Phi) is 8.06. The number of nitrogens with zero attached hydrogens (tertiary/aromatic N) is 1. The van der Waals surface area contributed by atoms with Crippen LogP contribution < -0.4 is 19.6 Å². The van der Waals surface area contributed by atoms with Crippen molar-refractivity contribution in [3.05, 3.63) is 52.3 Å². The summed E-state index contributed by atoms with van der Waals surface area (Å²) in [5.74, 6) is 0.763. The molecular formula is C19H20BrFN2O4. The summed E-state index contributed by atoms with van der Waals surface area (Å²) in [6.07, 6.45) is 2.36. The number of halogens is 2. The largest absolute Gasteiger partial charge is 0.493 e. The lowest BCUT2D eigenvalue weighted by Crippen LogP contribution is -2.24. The minimum absolute atomic E-state index is 0.236. The van der Waals surface area contributed by atoms with Crippen molar-refractivity contribution in [1.82, 2.24) is 5.43 Å². The SMILES string of the molecule is CCCOc1c(Br)cc(/C=N/NC(=O)COc2ccc(F)cc2)cc1OC. The summed E-state index contributed by atoms with van der Waals surface area (Å²) in [4.78, 5) is 11.8. The molecule has 6 nitrogen and oxygen atoms in total. The van der Waals surface area contributed by atoms with Gasteiger partial charge in [-0.15, -0.1) is 0 Å². The highest BCUT2D eigenvalue weighted by Gasteiger charge is 2.11. The van der Waals surface area contributed by atoms with Crippen molar-refractivity contribution < 1.29 is 23.4 Å². The van der Waals surface area contributed by atoms with Crippen LogP contribution in [0.2, 0.25) is 0 Å². The van der Waals surface area contributed by atoms with Crippen molar-refractivity contribution in [3.8, 4) is 17.2 Å². The molecule has 0 unspecified atom stereocenters. The molecule has 2 aromatic carbocycles. The zero-order valence-corrected chi connectivity index (χ0v) is 16.6. The normalized spacial score (nSPS) is 10.7. The molecule has 2 rings (SSSR count). The van der Waals surface area contributed by atoms with Crippen LogP contribution in [0.1, 0.15) is 18.9 Å². The second-order valence-electron chi connectivity index (χ2n) is 5.42. The Hall–Kier alpha value is -2.61. The number of hydrogen-bond acceptors (Lipinski definition) is 5. The lowest BCUT2D eigenvalue weighted by Gasteiger charge is -2.12. The standard InChI is InChI=1S/C19H20BrFN2O4/c1-3-8-26-19-16(20)9-13(10-17(19)25-2)11-22-23-18(24)12-27-15-6-4-14(21)5-7-15/h4-7,9-11H,3,8,12H2,1-2H3,(H,23,24)/b22-11+. The maximum atomic E-state index is 12.8. The maximum absolute atomic E-state index is 12.8. The van der Waals surface area contributed by atoms with Crippen LogP contribution in [-0.2, 0) is 4.79 Å². The molecule has 0 aliphatic heterocycles. The van der Waals surface area contributed by atoms with E-state index in [0.717, 1.165) is 10.9 Å². The van der Waals surface area contributed by atoms with E-state index in [-0.39, 0.29) is 12.4 Å². The molecule has 0 fully saturated rings. The highest BCUT2D eigenvalue weighted by atomic mass is 79.9. The van der Waals surface area contributed by atoms with Gasteiger partial charge in [0.2, 0.25) is 0 Å². The van der Waals surface area contributed by atoms with E-state index in [4.69, 9.17) is 14.2 Å². The van der Waals surface area contributed by atoms with E-state index >= 15 is 0 Å². The van der Waals surface area contributed by atoms with E-state index < -0.39 is 5.91 Å². The fourth-order valence-corrected chi connectivity index (χ4v) is 2.62. The first kappa shape index (κ1) is 20.7. The van der Waals surface area contributed by atoms with Gasteiger partial charge in [0.05, 0.1) is 24.4 Å². The summed E-state index contributed by atoms with van der Waals surface area (Å²) in [5, 5.41) is 3.89. The van der Waals surface area contributed by atoms with Crippen molar-refractivity contribution in [1.29, 1.82) is 0 Å². The quantitative estimate of drug-likeness (QED) is 0.475. The van der Waals surface area contributed by atoms with Gasteiger partial charge in [-0.2, -0.15) is 5.10 Å². The van der Waals surface area contributed by atoms with Crippen molar-refractivity contribution in [2.75, 3.05) is 20.3 Å². The predicted octanol–water partition coefficient (Wildman–Crippen LogP) is 3.91. The maximum Gasteiger partial charge on any atom is 0.277 e. The summed E-state index contributed by atoms with van der Waals surface area (Å²) in [6, 6.07) is 8.95. The average molecular weight is 439 g/mol. The molecule has 0 saturated carbocycles. The minimum atomic E-state index is -0.440. The number of nitrogens with one attached hydrogen (secondary N) is 1. The van der Waals surface area contributed by atoms with E-state index in [1.165, 1.54) is 30.5 Å². The molecule has 2 aromatic rings. The average Bonchev–Trinajstić information content (AvgIpc) is 2.66. The van der Waals surface area contributed by atoms with Crippen molar-refractivity contribution in [2.45, 2.75) is 13.3 Å². The zero-order chi connectivity index (χ0) is 19.6. The number of carbonyl (C=O) groups is 1. The Balaban J connectivity index is 1.91. The lowest BCUT2D eigenvalue weighted by molar-refractivity contribution is -0.123. The summed E-state index contributed by atoms with van der Waals surface area (Å²) < 4.78 is 29.8. The van der Waals surface area contributed by atoms with Crippen molar-refractivity contribution >= 4 is 28.1 Å². The van der Waals surface area contributed by atoms with Crippen LogP contribution in [0, 0.1) is 5.82 Å². The topological polar surface area (TPSA) is 69.2 Å². The smallest absolute Gasteiger partial charge is 0.277 e. The second-order valence-corrected chi connectivity index (χ2v) is 6.27. The van der Waals surface area contributed by atoms with Gasteiger partial charge in [0, 0.05) is 0 Å². The van der Waals surface area contributed by atoms with Crippen molar-refractivity contribution in [2.24, 2.45) is 5.10 Å². The molecule has 27 heavy (non-hydrogen) atoms. The first-order chi connectivity index (χ1) is 13.0. The number of carbonyl (C=O) groups excluding carboxylic acids is 1. The van der Waals surface area contributed by atoms with Crippen LogP contribution in [0.5, 0.6) is 17.2 Å². The van der Waals surface area contributed by atoms with Crippen LogP contribution in [0.3, 0.4) is 0 Å². The van der Waals surface area contributed by atoms with Crippen LogP contribution >= 0.6 is 15.9 Å². The predicted molar refractivity (Wildman–Crippen MR) is 104 cm³/mol. The molecule has 144 valence electrons. The fraction of sp³-hybridized carbons (Fsp3) is 0.263. The Morgan fingerprint density at radius 1 is 1.26 bits per heavy atom. The van der Waals surface area contributed by atoms with E-state index in [1.54, 1.807) is 19.2 Å². The molecule has 0 aliphatic rings. The molecule has 1 N–H and O–H groups in total. The van der Waals surface area contributed by atoms with E-state index in [0.29, 0.717) is 29.4 Å². The number of amides is 1. The first-order valence-electron chi connectivity index (χ1n) is 8.24. The molecule has 0 bridgehead atoms. The van der Waals surface area contributed by atoms with E-state index in [9.17, 15) is 9.18 Å². The highest BCUT2D eigenvalue weighted by Crippen LogP contribution is 2.36. The summed E-state index contributed by atoms with van der Waals surface area (Å²) in [7, 11) is 1.55. The molecule has 0 aromatic heterocycles. The number of benzene rings is 2. The molecular weight excluding hydrogens is 419 g/mol. The zero-order valence-electron chi connectivity index (χ0n) is 15.0. The summed E-state index contributed by atoms with van der Waals surface area (Å²) in [6.45, 7) is 2.36. The van der Waals surface area contributed by atoms with Gasteiger partial charge in [0.1, 0.15) is 11.6 Å². The molecule has 0 atom stereocenters. The number of hydrogen-bond donors (Lipinski definition) is 1. The van der Waals surface area contributed by atoms with Gasteiger partial charge in [0.15, 0.2) is 18.1 Å². The number of hydrazone groups is 1. The third-order valence-corrected chi connectivity index (χ3v) is 3.88. The van der Waals surface area contributed by atoms with Gasteiger partial charge in [-0.3, -0.25) is 4.79 Å². The van der Waals surface area contributed by atoms with Crippen LogP contribution in [0.15, 0.2) is 46.0 Å². The van der Waals surface area contributed by atoms with Gasteiger partial charge in [-0.05, 0) is 64.3 Å². The van der Waals surface area contributed by atoms with E-state index in [1.807, 2.05) is 6.92 Å². The Morgan fingerprint density at radius 3 is 2.67 bits per heavy atom. The monoisotopic (exact) mass is 438 g/mol. The summed E-state index contributed by atoms with van der Waals surface area (Å²) in [5.41, 5.74) is 3.07. The third kappa shape index (κ3) is 6.56. The van der Waals surface area contributed by atoms with Gasteiger partial charge in [0.25, 0.3) is 5.91 Å². The molecule has 0 heterocycles. The Bertz CT molecular complexity index is 797. The van der Waals surface area contributed by atoms with Gasteiger partial charge in [-0.25, -0.2) is 9.82 Å². The summed E-state index contributed by atoms with van der Waals surface area (Å²) >= 11 is 3.44. The molecule has 1 amide bonds. The van der Waals surface area contributed by atoms with Crippen molar-refractivity contribution in [3.63, 3.8) is 0 Å². The van der Waals surface area contributed by atoms with Crippen LogP contribution in [0.4, 0.5) is 4.39 Å². The molecule has 0 spiro atoms. The Morgan fingerprint density at radius 2 is 2.00 bits per heavy atom. The number of ether oxygens (including phenoxy) is 3. The molecule has 8 heteroatoms. The first-order valence-corrected chi connectivity index (χ1v) is 9.03. The minimum Gasteiger partial charge on any atom is -0.493 e. The lowest BCUT2D eigenvalue weighted by atomic mass is 10.2. The van der Waals surface area contributed by atoms with Crippen LogP contribution in [0.25, 0.3) is 0 Å². The molecule has 0 aliphatic carbocycles. The van der Waals surface area contributed by atoms with Gasteiger partial charge in [-0.1, -0.05) is 6.92 Å². The number of rotatable bonds is 9. The fourth-order valence-electron chi connectivity index (χ4n) is 2.05. The van der Waals surface area contributed by atoms with Gasteiger partial charge >= 0.3 is 0 Å². The number of methoxy groups -OCH3 is 1. The third-order valence-electron chi connectivity index (χ3n) is 3.29. The molecule has 0 radical (unpaired) electrons. The Labute approximate surface area is 165 Å². The van der Waals surface area contributed by atoms with Crippen LogP contribution in [-0.4, -0.2) is 32.4 Å². The van der Waals surface area contributed by atoms with Gasteiger partial charge < -0.3 is 14.2 Å². The molecule has 0 saturated heterocycles.